The van der Waals surface area contributed by atoms with Gasteiger partial charge in [-0.2, -0.15) is 0 Å². The topological polar surface area (TPSA) is 88.6 Å². The lowest BCUT2D eigenvalue weighted by atomic mass is 10.1. The molecule has 0 saturated heterocycles. The molecule has 184 valence electrons. The number of rotatable bonds is 9. The first-order valence-electron chi connectivity index (χ1n) is 11.4. The molecular weight excluding hydrogens is 474 g/mol. The highest BCUT2D eigenvalue weighted by molar-refractivity contribution is 7.92. The number of sulfonamides is 1. The first-order valence-corrected chi connectivity index (χ1v) is 12.8. The second-order valence-electron chi connectivity index (χ2n) is 8.30. The number of methoxy groups -OCH3 is 1. The summed E-state index contributed by atoms with van der Waals surface area (Å²) in [5, 5.41) is 2.81. The van der Waals surface area contributed by atoms with E-state index in [4.69, 9.17) is 4.74 Å². The molecule has 0 spiro atoms. The summed E-state index contributed by atoms with van der Waals surface area (Å²) < 4.78 is 33.5. The lowest BCUT2D eigenvalue weighted by molar-refractivity contribution is -0.114. The van der Waals surface area contributed by atoms with E-state index in [1.54, 1.807) is 60.9 Å². The molecule has 0 aliphatic carbocycles. The number of amides is 1. The Bertz CT molecular complexity index is 1420. The average Bonchev–Trinajstić information content (AvgIpc) is 2.89. The van der Waals surface area contributed by atoms with Crippen molar-refractivity contribution in [1.82, 2.24) is 4.98 Å². The van der Waals surface area contributed by atoms with Crippen molar-refractivity contribution in [3.63, 3.8) is 0 Å². The number of pyridine rings is 1. The van der Waals surface area contributed by atoms with Gasteiger partial charge in [-0.05, 0) is 73.0 Å². The summed E-state index contributed by atoms with van der Waals surface area (Å²) >= 11 is 0. The number of carbonyl (C=O) groups excluding carboxylic acids is 1. The van der Waals surface area contributed by atoms with Crippen molar-refractivity contribution >= 4 is 27.3 Å². The Hall–Kier alpha value is -4.17. The third kappa shape index (κ3) is 6.09. The predicted octanol–water partition coefficient (Wildman–Crippen LogP) is 4.82. The molecule has 0 aliphatic rings. The van der Waals surface area contributed by atoms with Crippen LogP contribution in [-0.4, -0.2) is 33.0 Å². The smallest absolute Gasteiger partial charge is 0.264 e. The normalized spacial score (nSPS) is 11.1. The number of hydrogen-bond donors (Lipinski definition) is 1. The van der Waals surface area contributed by atoms with Gasteiger partial charge in [0.05, 0.1) is 17.7 Å². The fourth-order valence-corrected chi connectivity index (χ4v) is 5.10. The van der Waals surface area contributed by atoms with E-state index in [2.05, 4.69) is 10.3 Å². The number of carbonyl (C=O) groups is 1. The number of nitrogens with one attached hydrogen (secondary N) is 1. The minimum absolute atomic E-state index is 0.101. The third-order valence-corrected chi connectivity index (χ3v) is 7.42. The monoisotopic (exact) mass is 501 g/mol. The highest BCUT2D eigenvalue weighted by atomic mass is 32.2. The van der Waals surface area contributed by atoms with Crippen LogP contribution in [-0.2, 0) is 21.2 Å². The van der Waals surface area contributed by atoms with Crippen LogP contribution in [0.5, 0.6) is 5.75 Å². The van der Waals surface area contributed by atoms with Crippen molar-refractivity contribution < 1.29 is 17.9 Å². The molecule has 0 fully saturated rings. The molecule has 36 heavy (non-hydrogen) atoms. The van der Waals surface area contributed by atoms with Gasteiger partial charge < -0.3 is 10.1 Å². The molecule has 0 bridgehead atoms. The van der Waals surface area contributed by atoms with Gasteiger partial charge in [0.1, 0.15) is 12.3 Å². The van der Waals surface area contributed by atoms with Crippen molar-refractivity contribution in [3.05, 3.63) is 114 Å². The van der Waals surface area contributed by atoms with Crippen LogP contribution in [0.3, 0.4) is 0 Å². The standard InChI is InChI=1S/C28H27N3O4S/c1-21-6-12-27(13-7-21)36(33,34)31(25-4-3-5-26(19-25)35-2)20-28(32)30-24-10-8-22(9-11-24)18-23-14-16-29-17-15-23/h3-17,19H,18,20H2,1-2H3,(H,30,32). The SMILES string of the molecule is COc1cccc(N(CC(=O)Nc2ccc(Cc3ccncc3)cc2)S(=O)(=O)c2ccc(C)cc2)c1. The first-order chi connectivity index (χ1) is 17.3. The average molecular weight is 502 g/mol. The number of benzene rings is 3. The first kappa shape index (κ1) is 24.9. The lowest BCUT2D eigenvalue weighted by Gasteiger charge is -2.24. The highest BCUT2D eigenvalue weighted by Crippen LogP contribution is 2.27. The quantitative estimate of drug-likeness (QED) is 0.355. The van der Waals surface area contributed by atoms with Crippen molar-refractivity contribution in [3.8, 4) is 5.75 Å². The van der Waals surface area contributed by atoms with Gasteiger partial charge in [0.15, 0.2) is 0 Å². The highest BCUT2D eigenvalue weighted by Gasteiger charge is 2.27. The van der Waals surface area contributed by atoms with Gasteiger partial charge in [-0.25, -0.2) is 8.42 Å². The molecule has 0 radical (unpaired) electrons. The summed E-state index contributed by atoms with van der Waals surface area (Å²) in [5.74, 6) is 0.0252. The largest absolute Gasteiger partial charge is 0.497 e. The molecule has 1 amide bonds. The fraction of sp³-hybridized carbons (Fsp3) is 0.143. The van der Waals surface area contributed by atoms with Gasteiger partial charge in [-0.15, -0.1) is 0 Å². The maximum Gasteiger partial charge on any atom is 0.264 e. The number of nitrogens with zero attached hydrogens (tertiary/aromatic N) is 2. The summed E-state index contributed by atoms with van der Waals surface area (Å²) in [4.78, 5) is 17.1. The molecule has 4 rings (SSSR count). The third-order valence-electron chi connectivity index (χ3n) is 5.63. The Morgan fingerprint density at radius 2 is 1.58 bits per heavy atom. The number of anilines is 2. The van der Waals surface area contributed by atoms with Gasteiger partial charge in [0, 0.05) is 24.1 Å². The van der Waals surface area contributed by atoms with Crippen LogP contribution in [0, 0.1) is 6.92 Å². The molecule has 0 saturated carbocycles. The molecule has 3 aromatic carbocycles. The van der Waals surface area contributed by atoms with Gasteiger partial charge in [0.2, 0.25) is 5.91 Å². The molecule has 0 atom stereocenters. The van der Waals surface area contributed by atoms with Crippen LogP contribution >= 0.6 is 0 Å². The molecular formula is C28H27N3O4S. The molecule has 4 aromatic rings. The number of ether oxygens (including phenoxy) is 1. The van der Waals surface area contributed by atoms with E-state index in [1.165, 1.54) is 19.2 Å². The Morgan fingerprint density at radius 1 is 0.917 bits per heavy atom. The van der Waals surface area contributed by atoms with E-state index < -0.39 is 22.5 Å². The van der Waals surface area contributed by atoms with Crippen LogP contribution in [0.1, 0.15) is 16.7 Å². The van der Waals surface area contributed by atoms with Gasteiger partial charge in [0.25, 0.3) is 10.0 Å². The zero-order valence-corrected chi connectivity index (χ0v) is 20.9. The molecule has 7 nitrogen and oxygen atoms in total. The minimum atomic E-state index is -4.01. The Morgan fingerprint density at radius 3 is 2.25 bits per heavy atom. The van der Waals surface area contributed by atoms with Crippen molar-refractivity contribution in [2.75, 3.05) is 23.3 Å². The summed E-state index contributed by atoms with van der Waals surface area (Å²) in [6.07, 6.45) is 4.25. The second-order valence-corrected chi connectivity index (χ2v) is 10.2. The van der Waals surface area contributed by atoms with E-state index in [0.717, 1.165) is 27.4 Å². The maximum atomic E-state index is 13.6. The summed E-state index contributed by atoms with van der Waals surface area (Å²) in [6.45, 7) is 1.48. The molecule has 1 heterocycles. The van der Waals surface area contributed by atoms with Gasteiger partial charge in [-0.1, -0.05) is 35.9 Å². The van der Waals surface area contributed by atoms with E-state index in [-0.39, 0.29) is 4.90 Å². The van der Waals surface area contributed by atoms with E-state index in [9.17, 15) is 13.2 Å². The fourth-order valence-electron chi connectivity index (χ4n) is 3.69. The summed E-state index contributed by atoms with van der Waals surface area (Å²) in [7, 11) is -2.51. The van der Waals surface area contributed by atoms with E-state index >= 15 is 0 Å². The lowest BCUT2D eigenvalue weighted by Crippen LogP contribution is -2.38. The molecule has 0 unspecified atom stereocenters. The second kappa shape index (κ2) is 11.0. The summed E-state index contributed by atoms with van der Waals surface area (Å²) in [5.41, 5.74) is 4.07. The summed E-state index contributed by atoms with van der Waals surface area (Å²) in [6, 6.07) is 24.5. The van der Waals surface area contributed by atoms with Crippen molar-refractivity contribution in [2.45, 2.75) is 18.2 Å². The van der Waals surface area contributed by atoms with E-state index in [0.29, 0.717) is 17.1 Å². The zero-order valence-electron chi connectivity index (χ0n) is 20.1. The van der Waals surface area contributed by atoms with Gasteiger partial charge >= 0.3 is 0 Å². The van der Waals surface area contributed by atoms with E-state index in [1.807, 2.05) is 31.2 Å². The van der Waals surface area contributed by atoms with Crippen LogP contribution in [0.4, 0.5) is 11.4 Å². The number of aryl methyl sites for hydroxylation is 1. The van der Waals surface area contributed by atoms with Crippen molar-refractivity contribution in [1.29, 1.82) is 0 Å². The Balaban J connectivity index is 1.54. The maximum absolute atomic E-state index is 13.6. The minimum Gasteiger partial charge on any atom is -0.497 e. The molecule has 1 aromatic heterocycles. The molecule has 0 aliphatic heterocycles. The number of hydrogen-bond acceptors (Lipinski definition) is 5. The van der Waals surface area contributed by atoms with Crippen LogP contribution in [0.2, 0.25) is 0 Å². The molecule has 8 heteroatoms. The van der Waals surface area contributed by atoms with Crippen molar-refractivity contribution in [2.24, 2.45) is 0 Å². The Kier molecular flexibility index (Phi) is 7.65. The van der Waals surface area contributed by atoms with Gasteiger partial charge in [-0.3, -0.25) is 14.1 Å². The molecule has 1 N–H and O–H groups in total. The van der Waals surface area contributed by atoms with Crippen LogP contribution < -0.4 is 14.4 Å². The Labute approximate surface area is 211 Å². The number of aromatic nitrogens is 1. The predicted molar refractivity (Wildman–Crippen MR) is 141 cm³/mol. The van der Waals surface area contributed by atoms with Crippen LogP contribution in [0.25, 0.3) is 0 Å². The zero-order chi connectivity index (χ0) is 25.5. The van der Waals surface area contributed by atoms with Crippen LogP contribution in [0.15, 0.2) is 102 Å².